The number of rotatable bonds is 3. The lowest BCUT2D eigenvalue weighted by Crippen LogP contribution is -2.09. The highest BCUT2D eigenvalue weighted by atomic mass is 32.1. The smallest absolute Gasteiger partial charge is 0.134 e. The van der Waals surface area contributed by atoms with Gasteiger partial charge in [0.1, 0.15) is 5.82 Å². The van der Waals surface area contributed by atoms with Crippen molar-refractivity contribution in [2.75, 3.05) is 6.61 Å². The monoisotopic (exact) mass is 175 g/mol. The lowest BCUT2D eigenvalue weighted by atomic mass is 10.2. The summed E-state index contributed by atoms with van der Waals surface area (Å²) in [5.41, 5.74) is 5.60. The Balaban J connectivity index is 2.60. The van der Waals surface area contributed by atoms with Crippen molar-refractivity contribution in [2.24, 2.45) is 5.73 Å². The summed E-state index contributed by atoms with van der Waals surface area (Å²) in [6.45, 7) is 0.0423. The van der Waals surface area contributed by atoms with Crippen molar-refractivity contribution in [1.29, 1.82) is 0 Å². The predicted molar refractivity (Wildman–Crippen MR) is 42.9 cm³/mol. The molecule has 0 bridgehead atoms. The Bertz CT molecular complexity index is 226. The molecule has 0 radical (unpaired) electrons. The molecule has 1 heterocycles. The highest BCUT2D eigenvalue weighted by molar-refractivity contribution is 7.10. The first-order chi connectivity index (χ1) is 5.24. The maximum atomic E-state index is 12.4. The average molecular weight is 175 g/mol. The van der Waals surface area contributed by atoms with E-state index in [1.807, 2.05) is 0 Å². The molecule has 1 atom stereocenters. The quantitative estimate of drug-likeness (QED) is 0.726. The summed E-state index contributed by atoms with van der Waals surface area (Å²) in [6.07, 6.45) is 0.486. The van der Waals surface area contributed by atoms with Gasteiger partial charge in [-0.25, -0.2) is 4.39 Å². The first kappa shape index (κ1) is 8.64. The molecule has 3 N–H and O–H groups in total. The van der Waals surface area contributed by atoms with Crippen molar-refractivity contribution in [2.45, 2.75) is 12.5 Å². The average Bonchev–Trinajstić information content (AvgIpc) is 2.36. The molecule has 0 saturated carbocycles. The molecule has 0 spiro atoms. The molecule has 1 aromatic rings. The number of hydrogen-bond donors (Lipinski definition) is 2. The van der Waals surface area contributed by atoms with Gasteiger partial charge in [0.15, 0.2) is 0 Å². The second kappa shape index (κ2) is 3.80. The van der Waals surface area contributed by atoms with Gasteiger partial charge in [-0.2, -0.15) is 0 Å². The molecular weight excluding hydrogens is 165 g/mol. The highest BCUT2D eigenvalue weighted by Gasteiger charge is 2.07. The molecule has 0 saturated heterocycles. The van der Waals surface area contributed by atoms with E-state index in [0.29, 0.717) is 6.42 Å². The van der Waals surface area contributed by atoms with Crippen molar-refractivity contribution in [1.82, 2.24) is 0 Å². The molecule has 0 fully saturated rings. The molecule has 1 rings (SSSR count). The van der Waals surface area contributed by atoms with E-state index in [1.54, 1.807) is 0 Å². The number of aliphatic hydroxyl groups is 1. The zero-order chi connectivity index (χ0) is 8.27. The molecule has 1 unspecified atom stereocenters. The number of hydrogen-bond acceptors (Lipinski definition) is 3. The van der Waals surface area contributed by atoms with E-state index in [9.17, 15) is 4.39 Å². The molecule has 11 heavy (non-hydrogen) atoms. The van der Waals surface area contributed by atoms with E-state index in [4.69, 9.17) is 10.8 Å². The minimum absolute atomic E-state index is 0.0423. The van der Waals surface area contributed by atoms with Crippen molar-refractivity contribution in [3.63, 3.8) is 0 Å². The normalized spacial score (nSPS) is 13.4. The molecule has 0 amide bonds. The van der Waals surface area contributed by atoms with Crippen LogP contribution in [-0.2, 0) is 0 Å². The fourth-order valence-electron chi connectivity index (χ4n) is 0.804. The van der Waals surface area contributed by atoms with Gasteiger partial charge >= 0.3 is 0 Å². The van der Waals surface area contributed by atoms with E-state index in [0.717, 1.165) is 4.88 Å². The number of thiophene rings is 1. The second-order valence-corrected chi connectivity index (χ2v) is 3.23. The second-order valence-electron chi connectivity index (χ2n) is 2.29. The highest BCUT2D eigenvalue weighted by Crippen LogP contribution is 2.21. The Labute approximate surface area is 68.5 Å². The van der Waals surface area contributed by atoms with Crippen molar-refractivity contribution < 1.29 is 9.50 Å². The number of nitrogens with two attached hydrogens (primary N) is 1. The van der Waals surface area contributed by atoms with Crippen LogP contribution in [0.5, 0.6) is 0 Å². The number of aliphatic hydroxyl groups excluding tert-OH is 1. The summed E-state index contributed by atoms with van der Waals surface area (Å²) in [4.78, 5) is 0.788. The molecular formula is C7H10FNOS. The van der Waals surface area contributed by atoms with Crippen LogP contribution < -0.4 is 5.73 Å². The Morgan fingerprint density at radius 3 is 2.91 bits per heavy atom. The van der Waals surface area contributed by atoms with E-state index >= 15 is 0 Å². The fraction of sp³-hybridized carbons (Fsp3) is 0.429. The van der Waals surface area contributed by atoms with Gasteiger partial charge in [-0.1, -0.05) is 0 Å². The van der Waals surface area contributed by atoms with Crippen LogP contribution in [0.3, 0.4) is 0 Å². The maximum absolute atomic E-state index is 12.4. The van der Waals surface area contributed by atoms with Gasteiger partial charge in [-0.05, 0) is 12.5 Å². The predicted octanol–water partition coefficient (Wildman–Crippen LogP) is 1.27. The molecule has 62 valence electrons. The van der Waals surface area contributed by atoms with Crippen molar-refractivity contribution in [3.8, 4) is 0 Å². The van der Waals surface area contributed by atoms with Crippen LogP contribution in [0, 0.1) is 5.82 Å². The Morgan fingerprint density at radius 2 is 2.45 bits per heavy atom. The summed E-state index contributed by atoms with van der Waals surface area (Å²) >= 11 is 1.29. The molecule has 0 aromatic carbocycles. The largest absolute Gasteiger partial charge is 0.396 e. The third-order valence-corrected chi connectivity index (χ3v) is 2.43. The molecule has 0 aliphatic heterocycles. The van der Waals surface area contributed by atoms with Crippen molar-refractivity contribution >= 4 is 11.3 Å². The molecule has 1 aromatic heterocycles. The van der Waals surface area contributed by atoms with Gasteiger partial charge in [-0.15, -0.1) is 11.3 Å². The lowest BCUT2D eigenvalue weighted by molar-refractivity contribution is 0.277. The standard InChI is InChI=1S/C7H10FNOS/c8-5-3-7(11-4-5)6(9)1-2-10/h3-4,6,10H,1-2,9H2. The first-order valence-corrected chi connectivity index (χ1v) is 4.22. The summed E-state index contributed by atoms with van der Waals surface area (Å²) in [6, 6.07) is 1.18. The van der Waals surface area contributed by atoms with E-state index < -0.39 is 0 Å². The number of halogens is 1. The Morgan fingerprint density at radius 1 is 1.73 bits per heavy atom. The first-order valence-electron chi connectivity index (χ1n) is 3.34. The van der Waals surface area contributed by atoms with Gasteiger partial charge in [0.2, 0.25) is 0 Å². The van der Waals surface area contributed by atoms with Crippen LogP contribution in [0.2, 0.25) is 0 Å². The van der Waals surface area contributed by atoms with Crippen LogP contribution in [0.1, 0.15) is 17.3 Å². The van der Waals surface area contributed by atoms with Gasteiger partial charge in [0.05, 0.1) is 0 Å². The van der Waals surface area contributed by atoms with Crippen LogP contribution in [0.15, 0.2) is 11.4 Å². The minimum atomic E-state index is -0.251. The topological polar surface area (TPSA) is 46.2 Å². The zero-order valence-electron chi connectivity index (χ0n) is 5.96. The zero-order valence-corrected chi connectivity index (χ0v) is 6.77. The third-order valence-electron chi connectivity index (χ3n) is 1.39. The fourth-order valence-corrected chi connectivity index (χ4v) is 1.59. The van der Waals surface area contributed by atoms with E-state index in [1.165, 1.54) is 22.8 Å². The van der Waals surface area contributed by atoms with E-state index in [-0.39, 0.29) is 18.5 Å². The van der Waals surface area contributed by atoms with E-state index in [2.05, 4.69) is 0 Å². The summed E-state index contributed by atoms with van der Waals surface area (Å²) in [5.74, 6) is -0.251. The SMILES string of the molecule is NC(CCO)c1cc(F)cs1. The summed E-state index contributed by atoms with van der Waals surface area (Å²) < 4.78 is 12.4. The van der Waals surface area contributed by atoms with Gasteiger partial charge < -0.3 is 10.8 Å². The summed E-state index contributed by atoms with van der Waals surface area (Å²) in [7, 11) is 0. The van der Waals surface area contributed by atoms with Crippen molar-refractivity contribution in [3.05, 3.63) is 22.1 Å². The maximum Gasteiger partial charge on any atom is 0.134 e. The lowest BCUT2D eigenvalue weighted by Gasteiger charge is -2.05. The van der Waals surface area contributed by atoms with Crippen LogP contribution >= 0.6 is 11.3 Å². The van der Waals surface area contributed by atoms with Crippen LogP contribution in [0.25, 0.3) is 0 Å². The molecule has 4 heteroatoms. The molecule has 0 aliphatic carbocycles. The van der Waals surface area contributed by atoms with Gasteiger partial charge in [0, 0.05) is 22.9 Å². The van der Waals surface area contributed by atoms with Crippen LogP contribution in [-0.4, -0.2) is 11.7 Å². The Hall–Kier alpha value is -0.450. The Kier molecular flexibility index (Phi) is 2.99. The van der Waals surface area contributed by atoms with Gasteiger partial charge in [0.25, 0.3) is 0 Å². The third kappa shape index (κ3) is 2.25. The molecule has 2 nitrogen and oxygen atoms in total. The summed E-state index contributed by atoms with van der Waals surface area (Å²) in [5, 5.41) is 9.94. The molecule has 0 aliphatic rings. The van der Waals surface area contributed by atoms with Gasteiger partial charge in [-0.3, -0.25) is 0 Å². The minimum Gasteiger partial charge on any atom is -0.396 e. The van der Waals surface area contributed by atoms with Crippen LogP contribution in [0.4, 0.5) is 4.39 Å².